The van der Waals surface area contributed by atoms with E-state index in [1.54, 1.807) is 0 Å². The highest BCUT2D eigenvalue weighted by atomic mass is 16.3. The first-order chi connectivity index (χ1) is 22.2. The fraction of sp³-hybridized carbons (Fsp3) is 0.0750. The molecule has 0 radical (unpaired) electrons. The van der Waals surface area contributed by atoms with Crippen LogP contribution in [0.4, 0.5) is 0 Å². The molecular weight excluding hydrogens is 554 g/mol. The molecule has 1 atom stereocenters. The molecule has 1 aliphatic carbocycles. The van der Waals surface area contributed by atoms with Crippen molar-refractivity contribution >= 4 is 39.0 Å². The predicted octanol–water partition coefficient (Wildman–Crippen LogP) is 10.2. The summed E-state index contributed by atoms with van der Waals surface area (Å²) in [6.45, 7) is 2.22. The monoisotopic (exact) mass is 581 g/mol. The predicted molar refractivity (Wildman–Crippen MR) is 180 cm³/mol. The van der Waals surface area contributed by atoms with Crippen LogP contribution in [-0.4, -0.2) is 15.0 Å². The van der Waals surface area contributed by atoms with Crippen molar-refractivity contribution in [3.05, 3.63) is 145 Å². The largest absolute Gasteiger partial charge is 0.456 e. The number of fused-ring (bicyclic) bond motifs is 6. The summed E-state index contributed by atoms with van der Waals surface area (Å²) >= 11 is 0. The van der Waals surface area contributed by atoms with Crippen LogP contribution in [0, 0.1) is 0 Å². The Morgan fingerprint density at radius 3 is 1.96 bits per heavy atom. The Kier molecular flexibility index (Phi) is 5.62. The zero-order chi connectivity index (χ0) is 30.0. The Morgan fingerprint density at radius 1 is 0.578 bits per heavy atom. The highest BCUT2D eigenvalue weighted by molar-refractivity contribution is 6.15. The van der Waals surface area contributed by atoms with Crippen molar-refractivity contribution < 1.29 is 8.83 Å². The van der Waals surface area contributed by atoms with Gasteiger partial charge < -0.3 is 8.83 Å². The molecule has 9 rings (SSSR count). The average molecular weight is 582 g/mol. The molecule has 0 fully saturated rings. The summed E-state index contributed by atoms with van der Waals surface area (Å²) in [6.07, 6.45) is 4.99. The molecule has 214 valence electrons. The lowest BCUT2D eigenvalue weighted by atomic mass is 9.74. The fourth-order valence-corrected chi connectivity index (χ4v) is 6.80. The number of aromatic nitrogens is 3. The van der Waals surface area contributed by atoms with Gasteiger partial charge in [0, 0.05) is 38.4 Å². The van der Waals surface area contributed by atoms with E-state index in [0.29, 0.717) is 11.6 Å². The molecule has 0 spiro atoms. The van der Waals surface area contributed by atoms with E-state index in [-0.39, 0.29) is 0 Å². The van der Waals surface area contributed by atoms with Crippen molar-refractivity contribution in [2.45, 2.75) is 18.8 Å². The van der Waals surface area contributed by atoms with Gasteiger partial charge in [0.05, 0.1) is 5.41 Å². The summed E-state index contributed by atoms with van der Waals surface area (Å²) in [4.78, 5) is 15.2. The van der Waals surface area contributed by atoms with Crippen molar-refractivity contribution in [2.75, 3.05) is 0 Å². The maximum atomic E-state index is 6.77. The van der Waals surface area contributed by atoms with Crippen LogP contribution in [0.1, 0.15) is 30.5 Å². The number of hydrogen-bond donors (Lipinski definition) is 0. The molecule has 0 bridgehead atoms. The zero-order valence-corrected chi connectivity index (χ0v) is 24.6. The highest BCUT2D eigenvalue weighted by Gasteiger charge is 2.40. The number of furan rings is 2. The number of nitrogens with zero attached hydrogens (tertiary/aromatic N) is 3. The van der Waals surface area contributed by atoms with Crippen LogP contribution < -0.4 is 0 Å². The average Bonchev–Trinajstić information content (AvgIpc) is 3.68. The third kappa shape index (κ3) is 3.97. The van der Waals surface area contributed by atoms with Crippen molar-refractivity contribution in [3.8, 4) is 33.9 Å². The van der Waals surface area contributed by atoms with Gasteiger partial charge in [0.1, 0.15) is 28.3 Å². The molecule has 5 aromatic carbocycles. The molecule has 3 heterocycles. The second kappa shape index (κ2) is 9.86. The maximum absolute atomic E-state index is 6.77. The van der Waals surface area contributed by atoms with Gasteiger partial charge >= 0.3 is 0 Å². The zero-order valence-electron chi connectivity index (χ0n) is 24.6. The van der Waals surface area contributed by atoms with Gasteiger partial charge in [0.25, 0.3) is 0 Å². The number of rotatable bonds is 4. The Bertz CT molecular complexity index is 2360. The summed E-state index contributed by atoms with van der Waals surface area (Å²) in [5.41, 5.74) is 7.13. The minimum Gasteiger partial charge on any atom is -0.456 e. The van der Waals surface area contributed by atoms with E-state index in [2.05, 4.69) is 55.5 Å². The van der Waals surface area contributed by atoms with E-state index in [1.165, 1.54) is 0 Å². The number of para-hydroxylation sites is 2. The molecule has 8 aromatic rings. The summed E-state index contributed by atoms with van der Waals surface area (Å²) in [7, 11) is 0. The third-order valence-corrected chi connectivity index (χ3v) is 8.98. The van der Waals surface area contributed by atoms with Gasteiger partial charge in [-0.3, -0.25) is 0 Å². The van der Waals surface area contributed by atoms with Crippen LogP contribution in [0.25, 0.3) is 72.9 Å². The van der Waals surface area contributed by atoms with Crippen molar-refractivity contribution in [1.29, 1.82) is 0 Å². The first kappa shape index (κ1) is 25.7. The molecule has 5 nitrogen and oxygen atoms in total. The third-order valence-electron chi connectivity index (χ3n) is 8.98. The van der Waals surface area contributed by atoms with E-state index >= 15 is 0 Å². The van der Waals surface area contributed by atoms with E-state index in [0.717, 1.165) is 78.7 Å². The van der Waals surface area contributed by atoms with Crippen LogP contribution in [0.3, 0.4) is 0 Å². The number of benzene rings is 5. The SMILES string of the molecule is CC1(c2nc(-c3ccccc3)nc(-c3ccccc3)n2)CC=Cc2oc3c(-c4cccc5oc6ccccc6c45)cccc3c21. The second-order valence-corrected chi connectivity index (χ2v) is 11.8. The first-order valence-electron chi connectivity index (χ1n) is 15.2. The van der Waals surface area contributed by atoms with Crippen LogP contribution in [0.15, 0.2) is 136 Å². The van der Waals surface area contributed by atoms with Crippen LogP contribution in [0.2, 0.25) is 0 Å². The Balaban J connectivity index is 1.28. The van der Waals surface area contributed by atoms with E-state index < -0.39 is 5.41 Å². The van der Waals surface area contributed by atoms with E-state index in [1.807, 2.05) is 84.9 Å². The fourth-order valence-electron chi connectivity index (χ4n) is 6.80. The van der Waals surface area contributed by atoms with Gasteiger partial charge in [-0.15, -0.1) is 0 Å². The smallest absolute Gasteiger partial charge is 0.163 e. The quantitative estimate of drug-likeness (QED) is 0.207. The summed E-state index contributed by atoms with van der Waals surface area (Å²) in [5.74, 6) is 2.86. The molecule has 0 aliphatic heterocycles. The summed E-state index contributed by atoms with van der Waals surface area (Å²) < 4.78 is 13.0. The van der Waals surface area contributed by atoms with Gasteiger partial charge in [0.15, 0.2) is 11.6 Å². The van der Waals surface area contributed by atoms with Crippen molar-refractivity contribution in [2.24, 2.45) is 0 Å². The standard InChI is InChI=1S/C40H27N3O2/c1-40(39-42-37(25-13-4-2-5-14-25)41-38(43-39)26-15-6-3-7-16-26)24-12-23-33-35(40)30-20-10-19-28(36(30)45-33)27-18-11-22-32-34(27)29-17-8-9-21-31(29)44-32/h2-23H,24H2,1H3. The minimum atomic E-state index is -0.557. The lowest BCUT2D eigenvalue weighted by Crippen LogP contribution is -2.29. The van der Waals surface area contributed by atoms with Crippen molar-refractivity contribution in [3.63, 3.8) is 0 Å². The molecule has 1 unspecified atom stereocenters. The van der Waals surface area contributed by atoms with E-state index in [9.17, 15) is 0 Å². The lowest BCUT2D eigenvalue weighted by Gasteiger charge is -2.30. The molecule has 5 heteroatoms. The number of hydrogen-bond acceptors (Lipinski definition) is 5. The molecule has 1 aliphatic rings. The van der Waals surface area contributed by atoms with Crippen LogP contribution >= 0.6 is 0 Å². The normalized spacial score (nSPS) is 16.0. The Morgan fingerprint density at radius 2 is 1.20 bits per heavy atom. The Labute approximate surface area is 259 Å². The first-order valence-corrected chi connectivity index (χ1v) is 15.2. The topological polar surface area (TPSA) is 65.0 Å². The Hall–Kier alpha value is -5.81. The van der Waals surface area contributed by atoms with Gasteiger partial charge in [-0.25, -0.2) is 15.0 Å². The second-order valence-electron chi connectivity index (χ2n) is 11.8. The van der Waals surface area contributed by atoms with Crippen LogP contribution in [-0.2, 0) is 5.41 Å². The summed E-state index contributed by atoms with van der Waals surface area (Å²) in [5, 5.41) is 3.24. The number of allylic oxidation sites excluding steroid dienone is 1. The molecule has 0 saturated carbocycles. The van der Waals surface area contributed by atoms with Gasteiger partial charge in [0.2, 0.25) is 0 Å². The molecular formula is C40H27N3O2. The molecule has 0 amide bonds. The van der Waals surface area contributed by atoms with Crippen molar-refractivity contribution in [1.82, 2.24) is 15.0 Å². The molecule has 0 N–H and O–H groups in total. The van der Waals surface area contributed by atoms with E-state index in [4.69, 9.17) is 23.8 Å². The van der Waals surface area contributed by atoms with Gasteiger partial charge in [-0.1, -0.05) is 115 Å². The molecule has 45 heavy (non-hydrogen) atoms. The highest BCUT2D eigenvalue weighted by Crippen LogP contribution is 2.48. The maximum Gasteiger partial charge on any atom is 0.163 e. The van der Waals surface area contributed by atoms with Gasteiger partial charge in [-0.2, -0.15) is 0 Å². The molecule has 3 aromatic heterocycles. The lowest BCUT2D eigenvalue weighted by molar-refractivity contribution is 0.509. The van der Waals surface area contributed by atoms with Crippen LogP contribution in [0.5, 0.6) is 0 Å². The summed E-state index contributed by atoms with van der Waals surface area (Å²) in [6, 6.07) is 41.1. The molecule has 0 saturated heterocycles. The van der Waals surface area contributed by atoms with Gasteiger partial charge in [-0.05, 0) is 37.1 Å². The minimum absolute atomic E-state index is 0.557.